The standard InChI is InChI=1S/C20H23N3O4/c1-26-16-6-7-17(18(12-16)27-2)23-13-14(11-19(23)24)20(25)22-10-8-15-5-3-4-9-21-15/h3-7,9,12,14H,8,10-11,13H2,1-2H3,(H,22,25). The van der Waals surface area contributed by atoms with Crippen molar-refractivity contribution in [3.63, 3.8) is 0 Å². The summed E-state index contributed by atoms with van der Waals surface area (Å²) in [5, 5.41) is 2.90. The van der Waals surface area contributed by atoms with Crippen molar-refractivity contribution < 1.29 is 19.1 Å². The molecule has 0 aliphatic carbocycles. The van der Waals surface area contributed by atoms with Gasteiger partial charge in [-0.3, -0.25) is 14.6 Å². The molecule has 1 fully saturated rings. The van der Waals surface area contributed by atoms with E-state index in [1.165, 1.54) is 0 Å². The monoisotopic (exact) mass is 369 g/mol. The molecule has 0 saturated carbocycles. The van der Waals surface area contributed by atoms with E-state index in [0.717, 1.165) is 5.69 Å². The lowest BCUT2D eigenvalue weighted by Crippen LogP contribution is -2.34. The summed E-state index contributed by atoms with van der Waals surface area (Å²) in [5.41, 5.74) is 1.57. The molecule has 27 heavy (non-hydrogen) atoms. The molecule has 7 heteroatoms. The maximum absolute atomic E-state index is 12.5. The average Bonchev–Trinajstić information content (AvgIpc) is 3.09. The van der Waals surface area contributed by atoms with Crippen LogP contribution < -0.4 is 19.7 Å². The van der Waals surface area contributed by atoms with Crippen LogP contribution in [0.2, 0.25) is 0 Å². The van der Waals surface area contributed by atoms with Gasteiger partial charge in [0, 0.05) is 43.9 Å². The molecule has 1 unspecified atom stereocenters. The van der Waals surface area contributed by atoms with Crippen molar-refractivity contribution in [2.75, 3.05) is 32.2 Å². The van der Waals surface area contributed by atoms with E-state index < -0.39 is 0 Å². The van der Waals surface area contributed by atoms with Crippen LogP contribution in [0.1, 0.15) is 12.1 Å². The van der Waals surface area contributed by atoms with Gasteiger partial charge in [-0.1, -0.05) is 6.07 Å². The molecule has 2 heterocycles. The number of aromatic nitrogens is 1. The van der Waals surface area contributed by atoms with Crippen LogP contribution >= 0.6 is 0 Å². The van der Waals surface area contributed by atoms with Gasteiger partial charge in [0.15, 0.2) is 0 Å². The van der Waals surface area contributed by atoms with Crippen molar-refractivity contribution in [3.05, 3.63) is 48.3 Å². The van der Waals surface area contributed by atoms with E-state index in [1.54, 1.807) is 43.5 Å². The van der Waals surface area contributed by atoms with Crippen LogP contribution in [-0.2, 0) is 16.0 Å². The molecule has 0 spiro atoms. The lowest BCUT2D eigenvalue weighted by atomic mass is 10.1. The summed E-state index contributed by atoms with van der Waals surface area (Å²) in [6.45, 7) is 0.823. The summed E-state index contributed by atoms with van der Waals surface area (Å²) >= 11 is 0. The Labute approximate surface area is 158 Å². The Morgan fingerprint density at radius 3 is 2.81 bits per heavy atom. The topological polar surface area (TPSA) is 80.8 Å². The van der Waals surface area contributed by atoms with Gasteiger partial charge < -0.3 is 19.7 Å². The summed E-state index contributed by atoms with van der Waals surface area (Å²) in [6, 6.07) is 11.0. The molecule has 1 aromatic heterocycles. The average molecular weight is 369 g/mol. The van der Waals surface area contributed by atoms with E-state index in [-0.39, 0.29) is 24.2 Å². The molecule has 1 saturated heterocycles. The predicted octanol–water partition coefficient (Wildman–Crippen LogP) is 1.81. The maximum Gasteiger partial charge on any atom is 0.227 e. The van der Waals surface area contributed by atoms with Gasteiger partial charge >= 0.3 is 0 Å². The van der Waals surface area contributed by atoms with Crippen molar-refractivity contribution in [2.24, 2.45) is 5.92 Å². The Kier molecular flexibility index (Phi) is 5.90. The van der Waals surface area contributed by atoms with E-state index in [9.17, 15) is 9.59 Å². The number of carbonyl (C=O) groups excluding carboxylic acids is 2. The molecule has 142 valence electrons. The largest absolute Gasteiger partial charge is 0.497 e. The summed E-state index contributed by atoms with van der Waals surface area (Å²) < 4.78 is 10.6. The fraction of sp³-hybridized carbons (Fsp3) is 0.350. The first kappa shape index (κ1) is 18.7. The molecule has 2 amide bonds. The summed E-state index contributed by atoms with van der Waals surface area (Å²) in [4.78, 5) is 30.7. The van der Waals surface area contributed by atoms with E-state index in [2.05, 4.69) is 10.3 Å². The van der Waals surface area contributed by atoms with Gasteiger partial charge in [-0.15, -0.1) is 0 Å². The second-order valence-corrected chi connectivity index (χ2v) is 6.31. The first-order chi connectivity index (χ1) is 13.1. The maximum atomic E-state index is 12.5. The third-order valence-corrected chi connectivity index (χ3v) is 4.58. The van der Waals surface area contributed by atoms with Crippen LogP contribution in [0, 0.1) is 5.92 Å². The molecule has 0 radical (unpaired) electrons. The first-order valence-electron chi connectivity index (χ1n) is 8.82. The van der Waals surface area contributed by atoms with Gasteiger partial charge in [-0.2, -0.15) is 0 Å². The highest BCUT2D eigenvalue weighted by atomic mass is 16.5. The molecule has 3 rings (SSSR count). The van der Waals surface area contributed by atoms with Gasteiger partial charge in [0.1, 0.15) is 11.5 Å². The minimum absolute atomic E-state index is 0.0941. The quantitative estimate of drug-likeness (QED) is 0.805. The van der Waals surface area contributed by atoms with Gasteiger partial charge in [0.05, 0.1) is 25.8 Å². The lowest BCUT2D eigenvalue weighted by Gasteiger charge is -2.20. The Hall–Kier alpha value is -3.09. The molecule has 1 aliphatic rings. The summed E-state index contributed by atoms with van der Waals surface area (Å²) in [6.07, 6.45) is 2.57. The number of methoxy groups -OCH3 is 2. The second kappa shape index (κ2) is 8.53. The molecule has 1 aliphatic heterocycles. The molecular formula is C20H23N3O4. The molecule has 0 bridgehead atoms. The molecule has 1 aromatic carbocycles. The lowest BCUT2D eigenvalue weighted by molar-refractivity contribution is -0.126. The number of hydrogen-bond donors (Lipinski definition) is 1. The number of rotatable bonds is 7. The highest BCUT2D eigenvalue weighted by molar-refractivity contribution is 6.01. The zero-order valence-electron chi connectivity index (χ0n) is 15.5. The van der Waals surface area contributed by atoms with Gasteiger partial charge in [-0.25, -0.2) is 0 Å². The Morgan fingerprint density at radius 2 is 2.11 bits per heavy atom. The smallest absolute Gasteiger partial charge is 0.227 e. The minimum atomic E-state index is -0.381. The van der Waals surface area contributed by atoms with Gasteiger partial charge in [0.25, 0.3) is 0 Å². The zero-order valence-corrected chi connectivity index (χ0v) is 15.5. The van der Waals surface area contributed by atoms with Crippen LogP contribution in [0.5, 0.6) is 11.5 Å². The van der Waals surface area contributed by atoms with Crippen LogP contribution in [0.3, 0.4) is 0 Å². The third kappa shape index (κ3) is 4.36. The Balaban J connectivity index is 1.60. The number of pyridine rings is 1. The van der Waals surface area contributed by atoms with Crippen LogP contribution in [0.25, 0.3) is 0 Å². The highest BCUT2D eigenvalue weighted by Gasteiger charge is 2.36. The molecule has 1 atom stereocenters. The number of hydrogen-bond acceptors (Lipinski definition) is 5. The van der Waals surface area contributed by atoms with Gasteiger partial charge in [0.2, 0.25) is 11.8 Å². The van der Waals surface area contributed by atoms with Crippen LogP contribution in [-0.4, -0.2) is 44.1 Å². The number of nitrogens with zero attached hydrogens (tertiary/aromatic N) is 2. The van der Waals surface area contributed by atoms with Crippen LogP contribution in [0.15, 0.2) is 42.6 Å². The van der Waals surface area contributed by atoms with E-state index in [0.29, 0.717) is 36.7 Å². The first-order valence-corrected chi connectivity index (χ1v) is 8.82. The second-order valence-electron chi connectivity index (χ2n) is 6.31. The molecular weight excluding hydrogens is 346 g/mol. The SMILES string of the molecule is COc1ccc(N2CC(C(=O)NCCc3ccccn3)CC2=O)c(OC)c1. The van der Waals surface area contributed by atoms with E-state index >= 15 is 0 Å². The van der Waals surface area contributed by atoms with Crippen LogP contribution in [0.4, 0.5) is 5.69 Å². The van der Waals surface area contributed by atoms with E-state index in [4.69, 9.17) is 9.47 Å². The van der Waals surface area contributed by atoms with Crippen molar-refractivity contribution in [3.8, 4) is 11.5 Å². The van der Waals surface area contributed by atoms with Gasteiger partial charge in [-0.05, 0) is 24.3 Å². The summed E-state index contributed by atoms with van der Waals surface area (Å²) in [5.74, 6) is 0.593. The number of ether oxygens (including phenoxy) is 2. The fourth-order valence-electron chi connectivity index (χ4n) is 3.13. The van der Waals surface area contributed by atoms with Crippen molar-refractivity contribution in [1.29, 1.82) is 0 Å². The fourth-order valence-corrected chi connectivity index (χ4v) is 3.13. The van der Waals surface area contributed by atoms with Crippen molar-refractivity contribution in [1.82, 2.24) is 10.3 Å². The number of nitrogens with one attached hydrogen (secondary N) is 1. The molecule has 1 N–H and O–H groups in total. The number of carbonyl (C=O) groups is 2. The normalized spacial score (nSPS) is 16.3. The van der Waals surface area contributed by atoms with Crippen molar-refractivity contribution >= 4 is 17.5 Å². The minimum Gasteiger partial charge on any atom is -0.497 e. The number of anilines is 1. The number of amides is 2. The van der Waals surface area contributed by atoms with Crippen molar-refractivity contribution in [2.45, 2.75) is 12.8 Å². The predicted molar refractivity (Wildman–Crippen MR) is 101 cm³/mol. The summed E-state index contributed by atoms with van der Waals surface area (Å²) in [7, 11) is 3.11. The molecule has 2 aromatic rings. The Morgan fingerprint density at radius 1 is 1.26 bits per heavy atom. The van der Waals surface area contributed by atoms with E-state index in [1.807, 2.05) is 18.2 Å². The third-order valence-electron chi connectivity index (χ3n) is 4.58. The highest BCUT2D eigenvalue weighted by Crippen LogP contribution is 2.35. The Bertz CT molecular complexity index is 810. The molecule has 7 nitrogen and oxygen atoms in total. The zero-order chi connectivity index (χ0) is 19.2. The number of benzene rings is 1.